The molecule has 1 aliphatic rings. The molecule has 14 heavy (non-hydrogen) atoms. The van der Waals surface area contributed by atoms with Gasteiger partial charge < -0.3 is 0 Å². The van der Waals surface area contributed by atoms with E-state index in [2.05, 4.69) is 29.1 Å². The van der Waals surface area contributed by atoms with Crippen LogP contribution < -0.4 is 4.84 Å². The van der Waals surface area contributed by atoms with Crippen LogP contribution in [-0.4, -0.2) is 0 Å². The molecule has 0 aliphatic heterocycles. The summed E-state index contributed by atoms with van der Waals surface area (Å²) in [5.41, 5.74) is 2.77. The summed E-state index contributed by atoms with van der Waals surface area (Å²) in [6.45, 7) is 0.752. The van der Waals surface area contributed by atoms with E-state index in [0.717, 1.165) is 12.5 Å². The van der Waals surface area contributed by atoms with Gasteiger partial charge in [-0.3, -0.25) is 0 Å². The Hall–Kier alpha value is -0.530. The molecule has 0 saturated heterocycles. The molecule has 0 atom stereocenters. The molecule has 1 aromatic rings. The molecule has 1 saturated carbocycles. The maximum absolute atomic E-state index is 5.50. The van der Waals surface area contributed by atoms with Crippen LogP contribution in [0.2, 0.25) is 0 Å². The Bertz CT molecular complexity index is 292. The van der Waals surface area contributed by atoms with Crippen LogP contribution in [0.4, 0.5) is 0 Å². The highest BCUT2D eigenvalue weighted by molar-refractivity contribution is 6.13. The maximum atomic E-state index is 5.50. The molecule has 2 rings (SSSR count). The van der Waals surface area contributed by atoms with E-state index in [9.17, 15) is 0 Å². The van der Waals surface area contributed by atoms with E-state index in [0.29, 0.717) is 0 Å². The molecule has 1 fully saturated rings. The topological polar surface area (TPSA) is 12.0 Å². The van der Waals surface area contributed by atoms with Gasteiger partial charge in [0.15, 0.2) is 0 Å². The van der Waals surface area contributed by atoms with Crippen LogP contribution >= 0.6 is 11.8 Å². The molecular weight excluding hydrogens is 194 g/mol. The van der Waals surface area contributed by atoms with Gasteiger partial charge in [-0.05, 0) is 41.7 Å². The fourth-order valence-corrected chi connectivity index (χ4v) is 2.45. The number of halogens is 1. The summed E-state index contributed by atoms with van der Waals surface area (Å²) in [6, 6.07) is 8.78. The quantitative estimate of drug-likeness (QED) is 0.751. The lowest BCUT2D eigenvalue weighted by atomic mass is 9.96. The molecule has 76 valence electrons. The van der Waals surface area contributed by atoms with E-state index in [1.165, 1.54) is 36.8 Å². The van der Waals surface area contributed by atoms with E-state index < -0.39 is 0 Å². The first kappa shape index (κ1) is 10.0. The van der Waals surface area contributed by atoms with Gasteiger partial charge in [0.05, 0.1) is 0 Å². The Kier molecular flexibility index (Phi) is 3.44. The third kappa shape index (κ3) is 2.28. The Balaban J connectivity index is 2.12. The lowest BCUT2D eigenvalue weighted by Gasteiger charge is -2.10. The van der Waals surface area contributed by atoms with Gasteiger partial charge in [-0.25, -0.2) is 4.84 Å². The second kappa shape index (κ2) is 4.81. The highest BCUT2D eigenvalue weighted by Gasteiger charge is 2.16. The van der Waals surface area contributed by atoms with E-state index >= 15 is 0 Å². The third-order valence-corrected chi connectivity index (χ3v) is 3.18. The predicted octanol–water partition coefficient (Wildman–Crippen LogP) is 3.59. The van der Waals surface area contributed by atoms with E-state index in [4.69, 9.17) is 11.8 Å². The summed E-state index contributed by atoms with van der Waals surface area (Å²) in [5, 5.41) is 0. The van der Waals surface area contributed by atoms with Gasteiger partial charge in [-0.2, -0.15) is 0 Å². The van der Waals surface area contributed by atoms with Crippen molar-refractivity contribution in [1.82, 2.24) is 4.84 Å². The maximum Gasteiger partial charge on any atom is 0.0359 e. The van der Waals surface area contributed by atoms with Gasteiger partial charge in [0.25, 0.3) is 0 Å². The van der Waals surface area contributed by atoms with Crippen LogP contribution in [0.5, 0.6) is 0 Å². The van der Waals surface area contributed by atoms with Crippen LogP contribution in [0.3, 0.4) is 0 Å². The Morgan fingerprint density at radius 2 is 2.07 bits per heavy atom. The van der Waals surface area contributed by atoms with Crippen molar-refractivity contribution in [3.63, 3.8) is 0 Å². The first-order valence-electron chi connectivity index (χ1n) is 5.32. The summed E-state index contributed by atoms with van der Waals surface area (Å²) in [5.74, 6) is 0.797. The number of hydrogen-bond acceptors (Lipinski definition) is 1. The van der Waals surface area contributed by atoms with Crippen molar-refractivity contribution in [3.05, 3.63) is 35.4 Å². The molecule has 0 amide bonds. The van der Waals surface area contributed by atoms with Crippen molar-refractivity contribution in [1.29, 1.82) is 0 Å². The summed E-state index contributed by atoms with van der Waals surface area (Å²) in [7, 11) is 0. The molecule has 1 aliphatic carbocycles. The average molecular weight is 210 g/mol. The summed E-state index contributed by atoms with van der Waals surface area (Å²) in [4.78, 5) is 2.67. The lowest BCUT2D eigenvalue weighted by molar-refractivity contribution is 0.721. The van der Waals surface area contributed by atoms with Gasteiger partial charge >= 0.3 is 0 Å². The zero-order valence-electron chi connectivity index (χ0n) is 8.30. The first-order valence-corrected chi connectivity index (χ1v) is 5.70. The SMILES string of the molecule is ClNCc1cccc(C2CCCC2)c1. The molecule has 2 heteroatoms. The number of nitrogens with one attached hydrogen (secondary N) is 1. The van der Waals surface area contributed by atoms with Crippen LogP contribution in [-0.2, 0) is 6.54 Å². The van der Waals surface area contributed by atoms with Gasteiger partial charge in [0.2, 0.25) is 0 Å². The molecule has 0 spiro atoms. The Labute approximate surface area is 90.6 Å². The summed E-state index contributed by atoms with van der Waals surface area (Å²) < 4.78 is 0. The Morgan fingerprint density at radius 3 is 2.79 bits per heavy atom. The molecular formula is C12H16ClN. The molecule has 0 aromatic heterocycles. The lowest BCUT2D eigenvalue weighted by Crippen LogP contribution is -2.00. The molecule has 1 aromatic carbocycles. The van der Waals surface area contributed by atoms with E-state index in [1.807, 2.05) is 0 Å². The van der Waals surface area contributed by atoms with Crippen molar-refractivity contribution in [2.45, 2.75) is 38.1 Å². The summed E-state index contributed by atoms with van der Waals surface area (Å²) in [6.07, 6.45) is 5.50. The molecule has 1 nitrogen and oxygen atoms in total. The highest BCUT2D eigenvalue weighted by Crippen LogP contribution is 2.34. The van der Waals surface area contributed by atoms with Crippen molar-refractivity contribution in [2.75, 3.05) is 0 Å². The highest BCUT2D eigenvalue weighted by atomic mass is 35.5. The van der Waals surface area contributed by atoms with E-state index in [-0.39, 0.29) is 0 Å². The molecule has 1 N–H and O–H groups in total. The fraction of sp³-hybridized carbons (Fsp3) is 0.500. The molecule has 0 bridgehead atoms. The van der Waals surface area contributed by atoms with Crippen molar-refractivity contribution in [2.24, 2.45) is 0 Å². The smallest absolute Gasteiger partial charge is 0.0359 e. The van der Waals surface area contributed by atoms with Crippen LogP contribution in [0.1, 0.15) is 42.7 Å². The minimum absolute atomic E-state index is 0.752. The average Bonchev–Trinajstić information content (AvgIpc) is 2.71. The van der Waals surface area contributed by atoms with Gasteiger partial charge in [-0.15, -0.1) is 0 Å². The van der Waals surface area contributed by atoms with Gasteiger partial charge in [-0.1, -0.05) is 37.1 Å². The fourth-order valence-electron chi connectivity index (χ4n) is 2.29. The zero-order chi connectivity index (χ0) is 9.80. The second-order valence-corrected chi connectivity index (χ2v) is 4.30. The first-order chi connectivity index (χ1) is 6.90. The molecule has 0 heterocycles. The number of rotatable bonds is 3. The van der Waals surface area contributed by atoms with Gasteiger partial charge in [0, 0.05) is 6.54 Å². The van der Waals surface area contributed by atoms with Crippen LogP contribution in [0.25, 0.3) is 0 Å². The molecule has 0 unspecified atom stereocenters. The molecule has 0 radical (unpaired) electrons. The van der Waals surface area contributed by atoms with Crippen molar-refractivity contribution >= 4 is 11.8 Å². The largest absolute Gasteiger partial charge is 0.229 e. The van der Waals surface area contributed by atoms with Crippen LogP contribution in [0, 0.1) is 0 Å². The standard InChI is InChI=1S/C12H16ClN/c13-14-9-10-4-3-7-12(8-10)11-5-1-2-6-11/h3-4,7-8,11,14H,1-2,5-6,9H2. The van der Waals surface area contributed by atoms with E-state index in [1.54, 1.807) is 0 Å². The van der Waals surface area contributed by atoms with Crippen LogP contribution in [0.15, 0.2) is 24.3 Å². The summed E-state index contributed by atoms with van der Waals surface area (Å²) >= 11 is 5.50. The van der Waals surface area contributed by atoms with Crippen molar-refractivity contribution < 1.29 is 0 Å². The van der Waals surface area contributed by atoms with Crippen molar-refractivity contribution in [3.8, 4) is 0 Å². The van der Waals surface area contributed by atoms with Gasteiger partial charge in [0.1, 0.15) is 0 Å². The predicted molar refractivity (Wildman–Crippen MR) is 60.3 cm³/mol. The zero-order valence-corrected chi connectivity index (χ0v) is 9.06. The number of benzene rings is 1. The number of hydrogen-bond donors (Lipinski definition) is 1. The monoisotopic (exact) mass is 209 g/mol. The minimum Gasteiger partial charge on any atom is -0.229 e. The Morgan fingerprint density at radius 1 is 1.29 bits per heavy atom. The normalized spacial score (nSPS) is 17.5. The third-order valence-electron chi connectivity index (χ3n) is 3.05. The second-order valence-electron chi connectivity index (χ2n) is 4.04. The minimum atomic E-state index is 0.752.